The number of rotatable bonds is 4. The van der Waals surface area contributed by atoms with Crippen LogP contribution in [0.3, 0.4) is 0 Å². The molecule has 0 spiro atoms. The van der Waals surface area contributed by atoms with Gasteiger partial charge in [0.05, 0.1) is 21.7 Å². The van der Waals surface area contributed by atoms with Crippen LogP contribution in [0.25, 0.3) is 0 Å². The zero-order valence-corrected chi connectivity index (χ0v) is 11.6. The van der Waals surface area contributed by atoms with E-state index in [0.717, 1.165) is 9.91 Å². The van der Waals surface area contributed by atoms with Crippen molar-refractivity contribution in [3.05, 3.63) is 51.5 Å². The van der Waals surface area contributed by atoms with Gasteiger partial charge in [-0.2, -0.15) is 0 Å². The predicted molar refractivity (Wildman–Crippen MR) is 74.6 cm³/mol. The molecular weight excluding hydrogens is 292 g/mol. The molecule has 1 aromatic heterocycles. The lowest BCUT2D eigenvalue weighted by Gasteiger charge is -2.12. The van der Waals surface area contributed by atoms with Crippen LogP contribution in [-0.2, 0) is 6.42 Å². The smallest absolute Gasteiger partial charge is 0.335 e. The highest BCUT2D eigenvalue weighted by molar-refractivity contribution is 7.09. The van der Waals surface area contributed by atoms with E-state index >= 15 is 0 Å². The van der Waals surface area contributed by atoms with E-state index in [1.807, 2.05) is 5.38 Å². The summed E-state index contributed by atoms with van der Waals surface area (Å²) < 4.78 is 0. The summed E-state index contributed by atoms with van der Waals surface area (Å²) in [4.78, 5) is 40.6. The third-order valence-corrected chi connectivity index (χ3v) is 4.09. The highest BCUT2D eigenvalue weighted by Gasteiger charge is 2.35. The second-order valence-electron chi connectivity index (χ2n) is 4.50. The summed E-state index contributed by atoms with van der Waals surface area (Å²) >= 11 is 1.46. The van der Waals surface area contributed by atoms with Crippen LogP contribution in [0, 0.1) is 0 Å². The van der Waals surface area contributed by atoms with Gasteiger partial charge in [0.25, 0.3) is 11.8 Å². The summed E-state index contributed by atoms with van der Waals surface area (Å²) in [6.07, 6.45) is 2.16. The minimum absolute atomic E-state index is 0.00308. The van der Waals surface area contributed by atoms with Crippen LogP contribution in [0.5, 0.6) is 0 Å². The Balaban J connectivity index is 1.84. The molecule has 21 heavy (non-hydrogen) atoms. The lowest BCUT2D eigenvalue weighted by Crippen LogP contribution is -2.31. The number of hydrogen-bond acceptors (Lipinski definition) is 5. The molecule has 1 aromatic carbocycles. The van der Waals surface area contributed by atoms with Gasteiger partial charge in [-0.05, 0) is 18.2 Å². The van der Waals surface area contributed by atoms with Crippen LogP contribution in [0.4, 0.5) is 0 Å². The fraction of sp³-hybridized carbons (Fsp3) is 0.143. The number of fused-ring (bicyclic) bond motifs is 1. The van der Waals surface area contributed by atoms with Crippen molar-refractivity contribution in [1.29, 1.82) is 0 Å². The van der Waals surface area contributed by atoms with E-state index < -0.39 is 11.9 Å². The van der Waals surface area contributed by atoms with E-state index in [1.54, 1.807) is 6.20 Å². The molecule has 0 atom stereocenters. The van der Waals surface area contributed by atoms with E-state index in [9.17, 15) is 14.4 Å². The highest BCUT2D eigenvalue weighted by atomic mass is 32.1. The van der Waals surface area contributed by atoms with Gasteiger partial charge in [0.2, 0.25) is 0 Å². The van der Waals surface area contributed by atoms with Crippen molar-refractivity contribution in [2.75, 3.05) is 6.54 Å². The first-order valence-corrected chi connectivity index (χ1v) is 7.08. The number of aromatic nitrogens is 1. The number of carbonyl (C=O) groups is 3. The maximum atomic E-state index is 12.2. The zero-order valence-electron chi connectivity index (χ0n) is 10.8. The normalized spacial score (nSPS) is 13.6. The van der Waals surface area contributed by atoms with E-state index in [4.69, 9.17) is 5.11 Å². The molecule has 6 nitrogen and oxygen atoms in total. The fourth-order valence-electron chi connectivity index (χ4n) is 2.21. The summed E-state index contributed by atoms with van der Waals surface area (Å²) in [6.45, 7) is 0.238. The molecule has 1 aliphatic rings. The number of imide groups is 1. The summed E-state index contributed by atoms with van der Waals surface area (Å²) in [5, 5.41) is 11.6. The Hall–Kier alpha value is -2.54. The number of amides is 2. The second kappa shape index (κ2) is 5.10. The summed E-state index contributed by atoms with van der Waals surface area (Å²) in [6, 6.07) is 3.97. The van der Waals surface area contributed by atoms with Gasteiger partial charge in [-0.25, -0.2) is 9.78 Å². The molecule has 0 unspecified atom stereocenters. The number of thiazole rings is 1. The lowest BCUT2D eigenvalue weighted by atomic mass is 10.1. The molecule has 0 fully saturated rings. The molecule has 1 N–H and O–H groups in total. The van der Waals surface area contributed by atoms with Crippen LogP contribution >= 0.6 is 11.3 Å². The van der Waals surface area contributed by atoms with Crippen molar-refractivity contribution in [2.24, 2.45) is 0 Å². The van der Waals surface area contributed by atoms with E-state index in [1.165, 1.54) is 29.5 Å². The molecule has 2 amide bonds. The SMILES string of the molecule is O=C(O)c1ccc2c(c1)C(=O)N(CCc1nccs1)C2=O. The van der Waals surface area contributed by atoms with Crippen LogP contribution < -0.4 is 0 Å². The van der Waals surface area contributed by atoms with Crippen LogP contribution in [0.15, 0.2) is 29.8 Å². The first-order valence-electron chi connectivity index (χ1n) is 6.20. The van der Waals surface area contributed by atoms with Gasteiger partial charge in [-0.3, -0.25) is 14.5 Å². The van der Waals surface area contributed by atoms with E-state index in [0.29, 0.717) is 6.42 Å². The van der Waals surface area contributed by atoms with Crippen molar-refractivity contribution in [3.8, 4) is 0 Å². The predicted octanol–water partition coefficient (Wildman–Crippen LogP) is 1.68. The van der Waals surface area contributed by atoms with Crippen molar-refractivity contribution in [1.82, 2.24) is 9.88 Å². The number of aromatic carboxylic acids is 1. The Morgan fingerprint density at radius 1 is 1.24 bits per heavy atom. The van der Waals surface area contributed by atoms with Gasteiger partial charge >= 0.3 is 5.97 Å². The largest absolute Gasteiger partial charge is 0.478 e. The van der Waals surface area contributed by atoms with Crippen molar-refractivity contribution >= 4 is 29.1 Å². The average molecular weight is 302 g/mol. The summed E-state index contributed by atoms with van der Waals surface area (Å²) in [5.41, 5.74) is 0.403. The Labute approximate surface area is 123 Å². The maximum absolute atomic E-state index is 12.2. The zero-order chi connectivity index (χ0) is 15.0. The Kier molecular flexibility index (Phi) is 3.26. The highest BCUT2D eigenvalue weighted by Crippen LogP contribution is 2.24. The Morgan fingerprint density at radius 2 is 2.00 bits per heavy atom. The molecule has 0 aliphatic carbocycles. The molecule has 0 saturated heterocycles. The molecule has 7 heteroatoms. The van der Waals surface area contributed by atoms with Crippen molar-refractivity contribution < 1.29 is 19.5 Å². The van der Waals surface area contributed by atoms with Gasteiger partial charge in [0, 0.05) is 24.5 Å². The molecule has 0 saturated carbocycles. The molecule has 2 heterocycles. The van der Waals surface area contributed by atoms with Gasteiger partial charge in [-0.15, -0.1) is 11.3 Å². The average Bonchev–Trinajstić information content (AvgIpc) is 3.06. The van der Waals surface area contributed by atoms with Crippen molar-refractivity contribution in [3.63, 3.8) is 0 Å². The minimum Gasteiger partial charge on any atom is -0.478 e. The van der Waals surface area contributed by atoms with Gasteiger partial charge in [0.1, 0.15) is 0 Å². The maximum Gasteiger partial charge on any atom is 0.335 e. The fourth-order valence-corrected chi connectivity index (χ4v) is 2.82. The number of carbonyl (C=O) groups excluding carboxylic acids is 2. The van der Waals surface area contributed by atoms with Gasteiger partial charge < -0.3 is 5.11 Å². The van der Waals surface area contributed by atoms with Crippen LogP contribution in [-0.4, -0.2) is 39.3 Å². The lowest BCUT2D eigenvalue weighted by molar-refractivity contribution is 0.0654. The van der Waals surface area contributed by atoms with Crippen molar-refractivity contribution in [2.45, 2.75) is 6.42 Å². The Morgan fingerprint density at radius 3 is 2.67 bits per heavy atom. The molecule has 3 rings (SSSR count). The number of carboxylic acid groups (broad SMARTS) is 1. The molecule has 0 radical (unpaired) electrons. The molecule has 1 aliphatic heterocycles. The van der Waals surface area contributed by atoms with Crippen LogP contribution in [0.2, 0.25) is 0 Å². The topological polar surface area (TPSA) is 87.6 Å². The Bertz CT molecular complexity index is 739. The van der Waals surface area contributed by atoms with E-state index in [2.05, 4.69) is 4.98 Å². The van der Waals surface area contributed by atoms with Gasteiger partial charge in [-0.1, -0.05) is 0 Å². The van der Waals surface area contributed by atoms with Gasteiger partial charge in [0.15, 0.2) is 0 Å². The molecule has 106 valence electrons. The number of hydrogen-bond donors (Lipinski definition) is 1. The number of benzene rings is 1. The number of nitrogens with zero attached hydrogens (tertiary/aromatic N) is 2. The quantitative estimate of drug-likeness (QED) is 0.868. The standard InChI is InChI=1S/C14H10N2O4S/c17-12-9-2-1-8(14(19)20)7-10(9)13(18)16(12)5-3-11-15-4-6-21-11/h1-2,4,6-7H,3,5H2,(H,19,20). The monoisotopic (exact) mass is 302 g/mol. The minimum atomic E-state index is -1.13. The molecular formula is C14H10N2O4S. The molecule has 2 aromatic rings. The first kappa shape index (κ1) is 13.4. The second-order valence-corrected chi connectivity index (χ2v) is 5.48. The third kappa shape index (κ3) is 2.31. The number of carboxylic acids is 1. The molecule has 0 bridgehead atoms. The van der Waals surface area contributed by atoms with Crippen LogP contribution in [0.1, 0.15) is 36.1 Å². The van der Waals surface area contributed by atoms with E-state index in [-0.39, 0.29) is 29.1 Å². The third-order valence-electron chi connectivity index (χ3n) is 3.25. The summed E-state index contributed by atoms with van der Waals surface area (Å²) in [7, 11) is 0. The summed E-state index contributed by atoms with van der Waals surface area (Å²) in [5.74, 6) is -1.96. The first-order chi connectivity index (χ1) is 10.1.